The molecule has 0 spiro atoms. The molecular weight excluding hydrogens is 276 g/mol. The Kier molecular flexibility index (Phi) is 4.16. The zero-order chi connectivity index (χ0) is 14.0. The summed E-state index contributed by atoms with van der Waals surface area (Å²) in [6, 6.07) is 5.98. The number of thiazole rings is 1. The summed E-state index contributed by atoms with van der Waals surface area (Å²) in [6.07, 6.45) is 0. The first-order chi connectivity index (χ1) is 8.86. The maximum atomic E-state index is 6.16. The van der Waals surface area contributed by atoms with Crippen LogP contribution in [0.2, 0.25) is 5.02 Å². The molecule has 0 aliphatic carbocycles. The third kappa shape index (κ3) is 3.71. The van der Waals surface area contributed by atoms with Crippen molar-refractivity contribution in [3.8, 4) is 0 Å². The van der Waals surface area contributed by atoms with Crippen LogP contribution in [0.15, 0.2) is 23.6 Å². The van der Waals surface area contributed by atoms with Crippen molar-refractivity contribution in [2.45, 2.75) is 39.7 Å². The summed E-state index contributed by atoms with van der Waals surface area (Å²) in [5.41, 5.74) is 3.34. The highest BCUT2D eigenvalue weighted by Gasteiger charge is 2.17. The number of anilines is 1. The molecular formula is C15H19ClN2S. The van der Waals surface area contributed by atoms with Crippen LogP contribution >= 0.6 is 22.9 Å². The molecule has 0 amide bonds. The Morgan fingerprint density at radius 1 is 1.32 bits per heavy atom. The van der Waals surface area contributed by atoms with Crippen molar-refractivity contribution in [1.82, 2.24) is 4.98 Å². The van der Waals surface area contributed by atoms with Crippen molar-refractivity contribution >= 4 is 28.6 Å². The van der Waals surface area contributed by atoms with Crippen LogP contribution in [0.3, 0.4) is 0 Å². The van der Waals surface area contributed by atoms with Gasteiger partial charge in [0, 0.05) is 10.8 Å². The number of halogens is 1. The molecule has 1 heterocycles. The molecule has 19 heavy (non-hydrogen) atoms. The first-order valence-electron chi connectivity index (χ1n) is 6.31. The van der Waals surface area contributed by atoms with Crippen LogP contribution in [0.25, 0.3) is 0 Å². The van der Waals surface area contributed by atoms with Crippen LogP contribution in [0.5, 0.6) is 0 Å². The maximum absolute atomic E-state index is 6.16. The molecule has 0 saturated carbocycles. The van der Waals surface area contributed by atoms with Gasteiger partial charge in [-0.05, 0) is 24.6 Å². The molecule has 0 saturated heterocycles. The third-order valence-corrected chi connectivity index (χ3v) is 4.42. The molecule has 2 aromatic rings. The summed E-state index contributed by atoms with van der Waals surface area (Å²) in [5, 5.41) is 7.37. The molecule has 0 atom stereocenters. The topological polar surface area (TPSA) is 24.9 Å². The van der Waals surface area contributed by atoms with Gasteiger partial charge in [0.15, 0.2) is 0 Å². The van der Waals surface area contributed by atoms with Gasteiger partial charge in [0.25, 0.3) is 0 Å². The SMILES string of the molecule is Cc1ccc(Cl)c(NCc2csc(C(C)(C)C)n2)c1. The van der Waals surface area contributed by atoms with Crippen molar-refractivity contribution in [2.75, 3.05) is 5.32 Å². The van der Waals surface area contributed by atoms with Gasteiger partial charge in [0.1, 0.15) is 0 Å². The second kappa shape index (κ2) is 5.51. The average molecular weight is 295 g/mol. The number of hydrogen-bond donors (Lipinski definition) is 1. The standard InChI is InChI=1S/C15H19ClN2S/c1-10-5-6-12(16)13(7-10)17-8-11-9-19-14(18-11)15(2,3)4/h5-7,9,17H,8H2,1-4H3. The number of nitrogens with zero attached hydrogens (tertiary/aromatic N) is 1. The predicted octanol–water partition coefficient (Wildman–Crippen LogP) is 5.01. The lowest BCUT2D eigenvalue weighted by Crippen LogP contribution is -2.11. The zero-order valence-corrected chi connectivity index (χ0v) is 13.3. The quantitative estimate of drug-likeness (QED) is 0.860. The summed E-state index contributed by atoms with van der Waals surface area (Å²) >= 11 is 7.87. The minimum absolute atomic E-state index is 0.115. The van der Waals surface area contributed by atoms with E-state index in [9.17, 15) is 0 Å². The fraction of sp³-hybridized carbons (Fsp3) is 0.400. The van der Waals surface area contributed by atoms with E-state index in [4.69, 9.17) is 11.6 Å². The minimum atomic E-state index is 0.115. The Balaban J connectivity index is 2.06. The van der Waals surface area contributed by atoms with E-state index in [0.717, 1.165) is 16.4 Å². The zero-order valence-electron chi connectivity index (χ0n) is 11.7. The largest absolute Gasteiger partial charge is 0.378 e. The Morgan fingerprint density at radius 2 is 2.05 bits per heavy atom. The fourth-order valence-electron chi connectivity index (χ4n) is 1.69. The molecule has 1 N–H and O–H groups in total. The summed E-state index contributed by atoms with van der Waals surface area (Å²) in [6.45, 7) is 9.30. The number of aryl methyl sites for hydroxylation is 1. The number of aromatic nitrogens is 1. The van der Waals surface area contributed by atoms with E-state index in [1.54, 1.807) is 11.3 Å². The van der Waals surface area contributed by atoms with E-state index >= 15 is 0 Å². The number of benzene rings is 1. The molecule has 0 radical (unpaired) electrons. The van der Waals surface area contributed by atoms with E-state index in [1.165, 1.54) is 10.6 Å². The highest BCUT2D eigenvalue weighted by Crippen LogP contribution is 2.27. The lowest BCUT2D eigenvalue weighted by molar-refractivity contribution is 0.583. The van der Waals surface area contributed by atoms with E-state index in [2.05, 4.69) is 49.4 Å². The fourth-order valence-corrected chi connectivity index (χ4v) is 2.78. The van der Waals surface area contributed by atoms with Crippen LogP contribution in [0.1, 0.15) is 37.0 Å². The molecule has 2 nitrogen and oxygen atoms in total. The minimum Gasteiger partial charge on any atom is -0.378 e. The van der Waals surface area contributed by atoms with Crippen molar-refractivity contribution in [3.63, 3.8) is 0 Å². The second-order valence-corrected chi connectivity index (χ2v) is 7.00. The molecule has 1 aromatic carbocycles. The third-order valence-electron chi connectivity index (χ3n) is 2.78. The van der Waals surface area contributed by atoms with E-state index in [-0.39, 0.29) is 5.41 Å². The van der Waals surface area contributed by atoms with Crippen LogP contribution in [0, 0.1) is 6.92 Å². The van der Waals surface area contributed by atoms with Gasteiger partial charge in [-0.15, -0.1) is 11.3 Å². The summed E-state index contributed by atoms with van der Waals surface area (Å²) < 4.78 is 0. The van der Waals surface area contributed by atoms with Crippen LogP contribution in [0.4, 0.5) is 5.69 Å². The van der Waals surface area contributed by atoms with Gasteiger partial charge in [-0.3, -0.25) is 0 Å². The molecule has 0 aliphatic heterocycles. The van der Waals surface area contributed by atoms with Crippen molar-refractivity contribution in [2.24, 2.45) is 0 Å². The van der Waals surface area contributed by atoms with Crippen LogP contribution in [-0.4, -0.2) is 4.98 Å². The molecule has 1 aromatic heterocycles. The molecule has 0 aliphatic rings. The normalized spacial score (nSPS) is 11.6. The maximum Gasteiger partial charge on any atom is 0.0982 e. The van der Waals surface area contributed by atoms with Gasteiger partial charge in [-0.25, -0.2) is 4.98 Å². The van der Waals surface area contributed by atoms with Gasteiger partial charge in [-0.1, -0.05) is 38.4 Å². The van der Waals surface area contributed by atoms with Gasteiger partial charge in [0.2, 0.25) is 0 Å². The Labute approximate surface area is 123 Å². The number of hydrogen-bond acceptors (Lipinski definition) is 3. The first-order valence-corrected chi connectivity index (χ1v) is 7.57. The lowest BCUT2D eigenvalue weighted by Gasteiger charge is -2.13. The summed E-state index contributed by atoms with van der Waals surface area (Å²) in [7, 11) is 0. The summed E-state index contributed by atoms with van der Waals surface area (Å²) in [4.78, 5) is 4.66. The average Bonchev–Trinajstić information content (AvgIpc) is 2.79. The van der Waals surface area contributed by atoms with Crippen LogP contribution in [-0.2, 0) is 12.0 Å². The van der Waals surface area contributed by atoms with E-state index < -0.39 is 0 Å². The van der Waals surface area contributed by atoms with Crippen molar-refractivity contribution < 1.29 is 0 Å². The molecule has 2 rings (SSSR count). The van der Waals surface area contributed by atoms with Gasteiger partial charge in [0.05, 0.1) is 28.0 Å². The number of nitrogens with one attached hydrogen (secondary N) is 1. The molecule has 0 bridgehead atoms. The van der Waals surface area contributed by atoms with Gasteiger partial charge < -0.3 is 5.32 Å². The Morgan fingerprint density at radius 3 is 2.68 bits per heavy atom. The lowest BCUT2D eigenvalue weighted by atomic mass is 9.98. The second-order valence-electron chi connectivity index (χ2n) is 5.73. The first kappa shape index (κ1) is 14.4. The Hall–Kier alpha value is -1.06. The molecule has 0 fully saturated rings. The van der Waals surface area contributed by atoms with Gasteiger partial charge in [-0.2, -0.15) is 0 Å². The van der Waals surface area contributed by atoms with Gasteiger partial charge >= 0.3 is 0 Å². The molecule has 102 valence electrons. The predicted molar refractivity (Wildman–Crippen MR) is 84.3 cm³/mol. The smallest absolute Gasteiger partial charge is 0.0982 e. The molecule has 4 heteroatoms. The van der Waals surface area contributed by atoms with E-state index in [0.29, 0.717) is 6.54 Å². The highest BCUT2D eigenvalue weighted by molar-refractivity contribution is 7.09. The van der Waals surface area contributed by atoms with Crippen molar-refractivity contribution in [1.29, 1.82) is 0 Å². The van der Waals surface area contributed by atoms with Crippen molar-refractivity contribution in [3.05, 3.63) is 44.9 Å². The Bertz CT molecular complexity index is 570. The monoisotopic (exact) mass is 294 g/mol. The molecule has 0 unspecified atom stereocenters. The summed E-state index contributed by atoms with van der Waals surface area (Å²) in [5.74, 6) is 0. The van der Waals surface area contributed by atoms with Crippen LogP contribution < -0.4 is 5.32 Å². The van der Waals surface area contributed by atoms with E-state index in [1.807, 2.05) is 12.1 Å². The highest BCUT2D eigenvalue weighted by atomic mass is 35.5. The number of rotatable bonds is 3.